The van der Waals surface area contributed by atoms with Gasteiger partial charge in [-0.3, -0.25) is 0 Å². The standard InChI is InChI=1S/C10H16N2O2/c1-2-10(5-3-4-6-10)9-11-8(7-13)12-14-9/h13H,2-7H2,1H3. The summed E-state index contributed by atoms with van der Waals surface area (Å²) in [5.74, 6) is 1.13. The van der Waals surface area contributed by atoms with Crippen molar-refractivity contribution in [2.75, 3.05) is 0 Å². The van der Waals surface area contributed by atoms with E-state index in [0.29, 0.717) is 5.82 Å². The molecule has 1 saturated carbocycles. The highest BCUT2D eigenvalue weighted by Crippen LogP contribution is 2.42. The van der Waals surface area contributed by atoms with Gasteiger partial charge in [-0.2, -0.15) is 4.98 Å². The SMILES string of the molecule is CCC1(c2nc(CO)no2)CCCC1. The van der Waals surface area contributed by atoms with Crippen LogP contribution in [0.1, 0.15) is 50.7 Å². The Morgan fingerprint density at radius 1 is 1.43 bits per heavy atom. The molecule has 1 aliphatic carbocycles. The van der Waals surface area contributed by atoms with Crippen LogP contribution in [0.25, 0.3) is 0 Å². The Bertz CT molecular complexity index is 303. The molecule has 1 aliphatic rings. The van der Waals surface area contributed by atoms with Gasteiger partial charge in [0, 0.05) is 5.41 Å². The van der Waals surface area contributed by atoms with Crippen molar-refractivity contribution >= 4 is 0 Å². The fraction of sp³-hybridized carbons (Fsp3) is 0.800. The van der Waals surface area contributed by atoms with Crippen LogP contribution in [0.15, 0.2) is 4.52 Å². The van der Waals surface area contributed by atoms with E-state index in [-0.39, 0.29) is 12.0 Å². The summed E-state index contributed by atoms with van der Waals surface area (Å²) in [6, 6.07) is 0. The van der Waals surface area contributed by atoms with Gasteiger partial charge < -0.3 is 9.63 Å². The quantitative estimate of drug-likeness (QED) is 0.800. The first kappa shape index (κ1) is 9.65. The van der Waals surface area contributed by atoms with Crippen LogP contribution in [0.4, 0.5) is 0 Å². The molecule has 1 N–H and O–H groups in total. The van der Waals surface area contributed by atoms with E-state index in [0.717, 1.165) is 25.2 Å². The molecule has 0 aliphatic heterocycles. The van der Waals surface area contributed by atoms with Crippen molar-refractivity contribution in [3.63, 3.8) is 0 Å². The average molecular weight is 196 g/mol. The molecule has 0 unspecified atom stereocenters. The van der Waals surface area contributed by atoms with Crippen LogP contribution in [-0.2, 0) is 12.0 Å². The smallest absolute Gasteiger partial charge is 0.232 e. The molecule has 0 atom stereocenters. The Hall–Kier alpha value is -0.900. The molecule has 0 bridgehead atoms. The van der Waals surface area contributed by atoms with Crippen molar-refractivity contribution in [2.24, 2.45) is 0 Å². The summed E-state index contributed by atoms with van der Waals surface area (Å²) >= 11 is 0. The molecule has 0 radical (unpaired) electrons. The van der Waals surface area contributed by atoms with E-state index in [2.05, 4.69) is 17.1 Å². The van der Waals surface area contributed by atoms with Crippen LogP contribution in [-0.4, -0.2) is 15.2 Å². The summed E-state index contributed by atoms with van der Waals surface area (Å²) < 4.78 is 5.21. The molecule has 2 rings (SSSR count). The third-order valence-electron chi connectivity index (χ3n) is 3.30. The summed E-state index contributed by atoms with van der Waals surface area (Å²) in [4.78, 5) is 4.23. The summed E-state index contributed by atoms with van der Waals surface area (Å²) in [6.45, 7) is 2.03. The maximum atomic E-state index is 8.87. The molecular weight excluding hydrogens is 180 g/mol. The zero-order valence-corrected chi connectivity index (χ0v) is 8.49. The Morgan fingerprint density at radius 3 is 2.64 bits per heavy atom. The summed E-state index contributed by atoms with van der Waals surface area (Å²) in [5, 5.41) is 12.6. The molecule has 0 saturated heterocycles. The molecule has 4 nitrogen and oxygen atoms in total. The molecule has 14 heavy (non-hydrogen) atoms. The molecule has 1 aromatic rings. The van der Waals surface area contributed by atoms with Gasteiger partial charge in [0.15, 0.2) is 5.82 Å². The van der Waals surface area contributed by atoms with Crippen LogP contribution in [0.3, 0.4) is 0 Å². The first-order valence-electron chi connectivity index (χ1n) is 5.25. The lowest BCUT2D eigenvalue weighted by Gasteiger charge is -2.21. The third-order valence-corrected chi connectivity index (χ3v) is 3.30. The minimum Gasteiger partial charge on any atom is -0.388 e. The molecule has 4 heteroatoms. The van der Waals surface area contributed by atoms with Crippen molar-refractivity contribution in [3.05, 3.63) is 11.7 Å². The van der Waals surface area contributed by atoms with Crippen LogP contribution < -0.4 is 0 Å². The van der Waals surface area contributed by atoms with Gasteiger partial charge in [0.25, 0.3) is 0 Å². The van der Waals surface area contributed by atoms with Crippen LogP contribution in [0.2, 0.25) is 0 Å². The molecule has 1 fully saturated rings. The predicted molar refractivity (Wildman–Crippen MR) is 50.7 cm³/mol. The van der Waals surface area contributed by atoms with Crippen molar-refractivity contribution in [2.45, 2.75) is 51.0 Å². The maximum Gasteiger partial charge on any atom is 0.232 e. The molecule has 78 valence electrons. The van der Waals surface area contributed by atoms with Gasteiger partial charge in [0.2, 0.25) is 5.89 Å². The zero-order valence-electron chi connectivity index (χ0n) is 8.49. The van der Waals surface area contributed by atoms with Gasteiger partial charge >= 0.3 is 0 Å². The third kappa shape index (κ3) is 1.43. The Kier molecular flexibility index (Phi) is 2.54. The highest BCUT2D eigenvalue weighted by atomic mass is 16.5. The van der Waals surface area contributed by atoms with Gasteiger partial charge in [-0.05, 0) is 19.3 Å². The Balaban J connectivity index is 2.26. The van der Waals surface area contributed by atoms with E-state index < -0.39 is 0 Å². The minimum absolute atomic E-state index is 0.0976. The van der Waals surface area contributed by atoms with Gasteiger partial charge in [0.05, 0.1) is 0 Å². The number of aliphatic hydroxyl groups excluding tert-OH is 1. The molecular formula is C10H16N2O2. The van der Waals surface area contributed by atoms with Gasteiger partial charge in [-0.15, -0.1) is 0 Å². The van der Waals surface area contributed by atoms with E-state index in [1.165, 1.54) is 12.8 Å². The number of aromatic nitrogens is 2. The first-order valence-corrected chi connectivity index (χ1v) is 5.25. The molecule has 0 spiro atoms. The molecule has 1 aromatic heterocycles. The predicted octanol–water partition coefficient (Wildman–Crippen LogP) is 1.78. The first-order chi connectivity index (χ1) is 6.80. The number of hydrogen-bond donors (Lipinski definition) is 1. The zero-order chi connectivity index (χ0) is 10.0. The molecule has 1 heterocycles. The van der Waals surface area contributed by atoms with E-state index in [1.807, 2.05) is 0 Å². The van der Waals surface area contributed by atoms with Crippen molar-refractivity contribution in [1.82, 2.24) is 10.1 Å². The van der Waals surface area contributed by atoms with E-state index in [1.54, 1.807) is 0 Å². The molecule has 0 aromatic carbocycles. The lowest BCUT2D eigenvalue weighted by molar-refractivity contribution is 0.253. The van der Waals surface area contributed by atoms with Gasteiger partial charge in [-0.1, -0.05) is 24.9 Å². The second-order valence-electron chi connectivity index (χ2n) is 4.01. The number of hydrogen-bond acceptors (Lipinski definition) is 4. The lowest BCUT2D eigenvalue weighted by atomic mass is 9.83. The summed E-state index contributed by atoms with van der Waals surface area (Å²) in [7, 11) is 0. The summed E-state index contributed by atoms with van der Waals surface area (Å²) in [5.41, 5.74) is 0.0976. The van der Waals surface area contributed by atoms with Crippen molar-refractivity contribution in [1.29, 1.82) is 0 Å². The highest BCUT2D eigenvalue weighted by molar-refractivity contribution is 5.07. The molecule has 0 amide bonds. The fourth-order valence-electron chi connectivity index (χ4n) is 2.30. The van der Waals surface area contributed by atoms with Crippen LogP contribution in [0.5, 0.6) is 0 Å². The van der Waals surface area contributed by atoms with E-state index in [4.69, 9.17) is 9.63 Å². The number of aliphatic hydroxyl groups is 1. The van der Waals surface area contributed by atoms with Crippen LogP contribution >= 0.6 is 0 Å². The van der Waals surface area contributed by atoms with Gasteiger partial charge in [0.1, 0.15) is 6.61 Å². The normalized spacial score (nSPS) is 20.1. The Morgan fingerprint density at radius 2 is 2.14 bits per heavy atom. The fourth-order valence-corrected chi connectivity index (χ4v) is 2.30. The lowest BCUT2D eigenvalue weighted by Crippen LogP contribution is -2.21. The van der Waals surface area contributed by atoms with Crippen molar-refractivity contribution in [3.8, 4) is 0 Å². The Labute approximate surface area is 83.3 Å². The summed E-state index contributed by atoms with van der Waals surface area (Å²) in [6.07, 6.45) is 5.79. The monoisotopic (exact) mass is 196 g/mol. The van der Waals surface area contributed by atoms with E-state index >= 15 is 0 Å². The maximum absolute atomic E-state index is 8.87. The number of nitrogens with zero attached hydrogens (tertiary/aromatic N) is 2. The number of rotatable bonds is 3. The van der Waals surface area contributed by atoms with Gasteiger partial charge in [-0.25, -0.2) is 0 Å². The second-order valence-corrected chi connectivity index (χ2v) is 4.01. The van der Waals surface area contributed by atoms with E-state index in [9.17, 15) is 0 Å². The largest absolute Gasteiger partial charge is 0.388 e. The topological polar surface area (TPSA) is 59.2 Å². The average Bonchev–Trinajstić information content (AvgIpc) is 2.87. The van der Waals surface area contributed by atoms with Crippen LogP contribution in [0, 0.1) is 0 Å². The minimum atomic E-state index is -0.136. The van der Waals surface area contributed by atoms with Crippen molar-refractivity contribution < 1.29 is 9.63 Å². The second kappa shape index (κ2) is 3.69. The highest BCUT2D eigenvalue weighted by Gasteiger charge is 2.38.